The fourth-order valence-electron chi connectivity index (χ4n) is 4.15. The second-order valence-corrected chi connectivity index (χ2v) is 7.41. The van der Waals surface area contributed by atoms with Crippen LogP contribution in [0.2, 0.25) is 0 Å². The normalized spacial score (nSPS) is 20.3. The van der Waals surface area contributed by atoms with Gasteiger partial charge < -0.3 is 15.3 Å². The van der Waals surface area contributed by atoms with Gasteiger partial charge in [0.2, 0.25) is 0 Å². The molecule has 1 aliphatic heterocycles. The zero-order chi connectivity index (χ0) is 17.9. The van der Waals surface area contributed by atoms with Gasteiger partial charge in [0.25, 0.3) is 0 Å². The summed E-state index contributed by atoms with van der Waals surface area (Å²) in [5, 5.41) is 22.9. The van der Waals surface area contributed by atoms with Crippen molar-refractivity contribution in [2.24, 2.45) is 0 Å². The Bertz CT molecular complexity index is 818. The van der Waals surface area contributed by atoms with Crippen molar-refractivity contribution in [2.75, 3.05) is 23.3 Å². The first-order valence-corrected chi connectivity index (χ1v) is 9.53. The van der Waals surface area contributed by atoms with Gasteiger partial charge in [-0.1, -0.05) is 24.3 Å². The zero-order valence-corrected chi connectivity index (χ0v) is 15.0. The molecule has 2 aromatic rings. The lowest BCUT2D eigenvalue weighted by Gasteiger charge is -2.32. The number of benzene rings is 2. The van der Waals surface area contributed by atoms with E-state index in [1.165, 1.54) is 11.1 Å². The smallest absolute Gasteiger partial charge is 0.101 e. The highest BCUT2D eigenvalue weighted by Gasteiger charge is 2.21. The lowest BCUT2D eigenvalue weighted by atomic mass is 9.88. The van der Waals surface area contributed by atoms with Crippen molar-refractivity contribution < 1.29 is 5.11 Å². The molecule has 1 saturated heterocycles. The molecule has 0 saturated carbocycles. The van der Waals surface area contributed by atoms with Crippen molar-refractivity contribution >= 4 is 11.4 Å². The second-order valence-electron chi connectivity index (χ2n) is 7.41. The fraction of sp³-hybridized carbons (Fsp3) is 0.409. The quantitative estimate of drug-likeness (QED) is 0.892. The van der Waals surface area contributed by atoms with Gasteiger partial charge >= 0.3 is 0 Å². The molecule has 0 bridgehead atoms. The number of nitrogens with one attached hydrogen (secondary N) is 1. The van der Waals surface area contributed by atoms with Crippen LogP contribution >= 0.6 is 0 Å². The van der Waals surface area contributed by atoms with Crippen molar-refractivity contribution in [1.29, 1.82) is 5.26 Å². The fourth-order valence-corrected chi connectivity index (χ4v) is 4.15. The van der Waals surface area contributed by atoms with Gasteiger partial charge in [-0.05, 0) is 61.4 Å². The maximum Gasteiger partial charge on any atom is 0.101 e. The number of fused-ring (bicyclic) bond motifs is 1. The molecule has 0 radical (unpaired) electrons. The van der Waals surface area contributed by atoms with Crippen LogP contribution in [0.15, 0.2) is 42.5 Å². The Morgan fingerprint density at radius 3 is 2.58 bits per heavy atom. The minimum atomic E-state index is -0.202. The van der Waals surface area contributed by atoms with Gasteiger partial charge in [0, 0.05) is 24.8 Å². The molecule has 0 aromatic heterocycles. The number of piperidine rings is 1. The van der Waals surface area contributed by atoms with Crippen LogP contribution in [0.25, 0.3) is 0 Å². The number of aryl methyl sites for hydroxylation is 1. The minimum absolute atomic E-state index is 0.202. The van der Waals surface area contributed by atoms with E-state index in [1.54, 1.807) is 0 Å². The molecule has 4 rings (SSSR count). The Morgan fingerprint density at radius 2 is 1.81 bits per heavy atom. The Kier molecular flexibility index (Phi) is 4.81. The van der Waals surface area contributed by atoms with Gasteiger partial charge in [0.05, 0.1) is 17.4 Å². The first-order valence-electron chi connectivity index (χ1n) is 9.53. The average molecular weight is 347 g/mol. The van der Waals surface area contributed by atoms with E-state index in [2.05, 4.69) is 52.7 Å². The van der Waals surface area contributed by atoms with Crippen LogP contribution in [-0.4, -0.2) is 30.3 Å². The number of hydrogen-bond acceptors (Lipinski definition) is 4. The standard InChI is InChI=1S/C22H25N3O/c23-15-18-14-20(7-8-22(18)25-11-9-21(26)10-12-25)24-19-6-5-16-3-1-2-4-17(16)13-19/h1-4,7-8,14,19,21,24,26H,5-6,9-13H2. The predicted octanol–water partition coefficient (Wildman–Crippen LogP) is 3.49. The summed E-state index contributed by atoms with van der Waals surface area (Å²) in [5.41, 5.74) is 5.61. The summed E-state index contributed by atoms with van der Waals surface area (Å²) < 4.78 is 0. The van der Waals surface area contributed by atoms with E-state index in [-0.39, 0.29) is 6.10 Å². The highest BCUT2D eigenvalue weighted by Crippen LogP contribution is 2.29. The van der Waals surface area contributed by atoms with Crippen LogP contribution < -0.4 is 10.2 Å². The molecule has 1 fully saturated rings. The number of rotatable bonds is 3. The Balaban J connectivity index is 1.47. The average Bonchev–Trinajstić information content (AvgIpc) is 2.68. The molecule has 2 N–H and O–H groups in total. The predicted molar refractivity (Wildman–Crippen MR) is 104 cm³/mol. The lowest BCUT2D eigenvalue weighted by molar-refractivity contribution is 0.145. The molecule has 2 aliphatic rings. The molecule has 4 nitrogen and oxygen atoms in total. The molecule has 1 aliphatic carbocycles. The van der Waals surface area contributed by atoms with Gasteiger partial charge in [-0.2, -0.15) is 5.26 Å². The zero-order valence-electron chi connectivity index (χ0n) is 15.0. The van der Waals surface area contributed by atoms with Crippen molar-refractivity contribution in [3.8, 4) is 6.07 Å². The van der Waals surface area contributed by atoms with Crippen molar-refractivity contribution in [3.63, 3.8) is 0 Å². The number of anilines is 2. The molecule has 0 spiro atoms. The summed E-state index contributed by atoms with van der Waals surface area (Å²) in [7, 11) is 0. The maximum absolute atomic E-state index is 9.69. The third kappa shape index (κ3) is 3.54. The number of nitrogens with zero attached hydrogens (tertiary/aromatic N) is 2. The number of aliphatic hydroxyl groups excluding tert-OH is 1. The summed E-state index contributed by atoms with van der Waals surface area (Å²) in [5.74, 6) is 0. The summed E-state index contributed by atoms with van der Waals surface area (Å²) >= 11 is 0. The molecule has 1 atom stereocenters. The second kappa shape index (κ2) is 7.39. The molecular formula is C22H25N3O. The first-order chi connectivity index (χ1) is 12.7. The molecular weight excluding hydrogens is 322 g/mol. The molecule has 26 heavy (non-hydrogen) atoms. The highest BCUT2D eigenvalue weighted by molar-refractivity contribution is 5.66. The first kappa shape index (κ1) is 16.9. The van der Waals surface area contributed by atoms with E-state index in [1.807, 2.05) is 6.07 Å². The topological polar surface area (TPSA) is 59.3 Å². The van der Waals surface area contributed by atoms with Crippen LogP contribution in [0, 0.1) is 11.3 Å². The van der Waals surface area contributed by atoms with Gasteiger partial charge in [-0.3, -0.25) is 0 Å². The van der Waals surface area contributed by atoms with E-state index in [4.69, 9.17) is 0 Å². The van der Waals surface area contributed by atoms with Crippen LogP contribution in [0.1, 0.15) is 36.0 Å². The minimum Gasteiger partial charge on any atom is -0.393 e. The molecule has 4 heteroatoms. The Morgan fingerprint density at radius 1 is 1.04 bits per heavy atom. The molecule has 1 unspecified atom stereocenters. The van der Waals surface area contributed by atoms with Crippen LogP contribution in [0.3, 0.4) is 0 Å². The third-order valence-electron chi connectivity index (χ3n) is 5.64. The van der Waals surface area contributed by atoms with E-state index < -0.39 is 0 Å². The number of nitriles is 1. The molecule has 1 heterocycles. The Labute approximate surface area is 155 Å². The van der Waals surface area contributed by atoms with Gasteiger partial charge in [0.15, 0.2) is 0 Å². The molecule has 2 aromatic carbocycles. The highest BCUT2D eigenvalue weighted by atomic mass is 16.3. The Hall–Kier alpha value is -2.51. The third-order valence-corrected chi connectivity index (χ3v) is 5.64. The van der Waals surface area contributed by atoms with Crippen LogP contribution in [0.4, 0.5) is 11.4 Å². The van der Waals surface area contributed by atoms with Crippen molar-refractivity contribution in [2.45, 2.75) is 44.2 Å². The summed E-state index contributed by atoms with van der Waals surface area (Å²) in [6.45, 7) is 1.62. The largest absolute Gasteiger partial charge is 0.393 e. The van der Waals surface area contributed by atoms with Crippen LogP contribution in [-0.2, 0) is 12.8 Å². The van der Waals surface area contributed by atoms with Crippen LogP contribution in [0.5, 0.6) is 0 Å². The van der Waals surface area contributed by atoms with E-state index >= 15 is 0 Å². The lowest BCUT2D eigenvalue weighted by Crippen LogP contribution is -2.36. The van der Waals surface area contributed by atoms with Crippen molar-refractivity contribution in [1.82, 2.24) is 0 Å². The van der Waals surface area contributed by atoms with E-state index in [0.717, 1.165) is 56.6 Å². The van der Waals surface area contributed by atoms with Crippen molar-refractivity contribution in [3.05, 3.63) is 59.2 Å². The van der Waals surface area contributed by atoms with E-state index in [9.17, 15) is 10.4 Å². The summed E-state index contributed by atoms with van der Waals surface area (Å²) in [6.07, 6.45) is 4.59. The van der Waals surface area contributed by atoms with Gasteiger partial charge in [-0.25, -0.2) is 0 Å². The SMILES string of the molecule is N#Cc1cc(NC2CCc3ccccc3C2)ccc1N1CCC(O)CC1. The number of aliphatic hydroxyl groups is 1. The molecule has 0 amide bonds. The van der Waals surface area contributed by atoms with E-state index in [0.29, 0.717) is 11.6 Å². The summed E-state index contributed by atoms with van der Waals surface area (Å²) in [4.78, 5) is 2.21. The number of hydrogen-bond donors (Lipinski definition) is 2. The molecule has 134 valence electrons. The van der Waals surface area contributed by atoms with Gasteiger partial charge in [0.1, 0.15) is 6.07 Å². The summed E-state index contributed by atoms with van der Waals surface area (Å²) in [6, 6.07) is 17.5. The maximum atomic E-state index is 9.69. The monoisotopic (exact) mass is 347 g/mol. The van der Waals surface area contributed by atoms with Gasteiger partial charge in [-0.15, -0.1) is 0 Å².